The third-order valence-electron chi connectivity index (χ3n) is 1.89. The maximum Gasteiger partial charge on any atom is 0.190 e. The summed E-state index contributed by atoms with van der Waals surface area (Å²) in [5.74, 6) is 0.391. The van der Waals surface area contributed by atoms with Crippen LogP contribution < -0.4 is 4.74 Å². The van der Waals surface area contributed by atoms with Gasteiger partial charge in [0.1, 0.15) is 18.5 Å². The van der Waals surface area contributed by atoms with E-state index in [-0.39, 0.29) is 5.78 Å². The van der Waals surface area contributed by atoms with Crippen molar-refractivity contribution in [2.75, 3.05) is 6.61 Å². The summed E-state index contributed by atoms with van der Waals surface area (Å²) >= 11 is 0. The summed E-state index contributed by atoms with van der Waals surface area (Å²) in [5.41, 5.74) is 0.482. The first-order valence-electron chi connectivity index (χ1n) is 4.71. The lowest BCUT2D eigenvalue weighted by Gasteiger charge is -2.05. The van der Waals surface area contributed by atoms with Crippen LogP contribution in [0, 0.1) is 0 Å². The molecule has 0 aliphatic heterocycles. The Morgan fingerprint density at radius 1 is 1.53 bits per heavy atom. The van der Waals surface area contributed by atoms with E-state index >= 15 is 0 Å². The van der Waals surface area contributed by atoms with Crippen molar-refractivity contribution >= 4 is 5.78 Å². The number of rotatable bonds is 5. The number of aliphatic hydroxyl groups excluding tert-OH is 1. The second-order valence-electron chi connectivity index (χ2n) is 3.16. The fourth-order valence-corrected chi connectivity index (χ4v) is 1.11. The number of ketones is 1. The van der Waals surface area contributed by atoms with Gasteiger partial charge in [0.2, 0.25) is 0 Å². The van der Waals surface area contributed by atoms with Crippen molar-refractivity contribution in [3.8, 4) is 5.75 Å². The molecular weight excluding hydrogens is 192 g/mol. The molecule has 0 saturated heterocycles. The molecule has 0 bridgehead atoms. The van der Waals surface area contributed by atoms with E-state index in [4.69, 9.17) is 9.84 Å². The molecule has 0 aromatic heterocycles. The molecule has 0 fully saturated rings. The second kappa shape index (κ2) is 5.32. The van der Waals surface area contributed by atoms with Crippen LogP contribution in [0.1, 0.15) is 17.3 Å². The van der Waals surface area contributed by atoms with Crippen LogP contribution in [0.25, 0.3) is 0 Å². The van der Waals surface area contributed by atoms with Gasteiger partial charge in [-0.2, -0.15) is 0 Å². The van der Waals surface area contributed by atoms with Crippen LogP contribution in [0.4, 0.5) is 0 Å². The van der Waals surface area contributed by atoms with Gasteiger partial charge in [-0.3, -0.25) is 4.79 Å². The molecule has 1 unspecified atom stereocenters. The van der Waals surface area contributed by atoms with Gasteiger partial charge in [0, 0.05) is 5.56 Å². The van der Waals surface area contributed by atoms with Crippen LogP contribution in [-0.2, 0) is 0 Å². The number of aliphatic hydroxyl groups is 1. The summed E-state index contributed by atoms with van der Waals surface area (Å²) in [4.78, 5) is 11.4. The van der Waals surface area contributed by atoms with Gasteiger partial charge in [0.05, 0.1) is 0 Å². The van der Waals surface area contributed by atoms with E-state index in [0.717, 1.165) is 0 Å². The van der Waals surface area contributed by atoms with Gasteiger partial charge in [0.25, 0.3) is 0 Å². The van der Waals surface area contributed by atoms with Crippen LogP contribution in [0.15, 0.2) is 36.9 Å². The third-order valence-corrected chi connectivity index (χ3v) is 1.89. The zero-order chi connectivity index (χ0) is 11.3. The summed E-state index contributed by atoms with van der Waals surface area (Å²) in [6.45, 7) is 5.42. The predicted molar refractivity (Wildman–Crippen MR) is 58.1 cm³/mol. The lowest BCUT2D eigenvalue weighted by Crippen LogP contribution is -2.15. The summed E-state index contributed by atoms with van der Waals surface area (Å²) in [6, 6.07) is 6.65. The molecule has 1 rings (SSSR count). The first-order chi connectivity index (χ1) is 7.15. The smallest absolute Gasteiger partial charge is 0.190 e. The van der Waals surface area contributed by atoms with Crippen molar-refractivity contribution in [2.45, 2.75) is 13.0 Å². The van der Waals surface area contributed by atoms with Crippen molar-refractivity contribution in [3.63, 3.8) is 0 Å². The molecule has 0 aliphatic carbocycles. The average Bonchev–Trinajstić information content (AvgIpc) is 2.26. The fourth-order valence-electron chi connectivity index (χ4n) is 1.11. The van der Waals surface area contributed by atoms with E-state index < -0.39 is 6.10 Å². The third kappa shape index (κ3) is 3.22. The standard InChI is InChI=1S/C12H14O3/c1-3-8-15-11-6-4-10(5-7-11)12(14)9(2)13/h3-7,9,13H,1,8H2,2H3. The van der Waals surface area contributed by atoms with E-state index in [1.54, 1.807) is 30.3 Å². The molecule has 1 aromatic rings. The van der Waals surface area contributed by atoms with Crippen molar-refractivity contribution in [3.05, 3.63) is 42.5 Å². The highest BCUT2D eigenvalue weighted by Crippen LogP contribution is 2.13. The van der Waals surface area contributed by atoms with Gasteiger partial charge in [-0.25, -0.2) is 0 Å². The highest BCUT2D eigenvalue weighted by Gasteiger charge is 2.11. The minimum Gasteiger partial charge on any atom is -0.490 e. The maximum absolute atomic E-state index is 11.4. The monoisotopic (exact) mass is 206 g/mol. The molecule has 0 spiro atoms. The molecule has 1 aromatic carbocycles. The molecule has 1 N–H and O–H groups in total. The summed E-state index contributed by atoms with van der Waals surface area (Å²) < 4.78 is 5.26. The first-order valence-corrected chi connectivity index (χ1v) is 4.71. The van der Waals surface area contributed by atoms with Crippen LogP contribution >= 0.6 is 0 Å². The molecular formula is C12H14O3. The fraction of sp³-hybridized carbons (Fsp3) is 0.250. The van der Waals surface area contributed by atoms with Gasteiger partial charge >= 0.3 is 0 Å². The Kier molecular flexibility index (Phi) is 4.06. The largest absolute Gasteiger partial charge is 0.490 e. The number of benzene rings is 1. The number of Topliss-reactive ketones (excluding diaryl/α,β-unsaturated/α-hetero) is 1. The molecule has 3 heteroatoms. The number of hydrogen-bond donors (Lipinski definition) is 1. The lowest BCUT2D eigenvalue weighted by molar-refractivity contribution is 0.0779. The summed E-state index contributed by atoms with van der Waals surface area (Å²) in [5, 5.41) is 9.09. The molecule has 0 radical (unpaired) electrons. The van der Waals surface area contributed by atoms with Gasteiger partial charge in [-0.15, -0.1) is 0 Å². The van der Waals surface area contributed by atoms with Gasteiger partial charge in [0.15, 0.2) is 5.78 Å². The van der Waals surface area contributed by atoms with Gasteiger partial charge in [-0.1, -0.05) is 12.7 Å². The highest BCUT2D eigenvalue weighted by atomic mass is 16.5. The second-order valence-corrected chi connectivity index (χ2v) is 3.16. The Labute approximate surface area is 89.0 Å². The highest BCUT2D eigenvalue weighted by molar-refractivity contribution is 5.99. The van der Waals surface area contributed by atoms with E-state index in [0.29, 0.717) is 17.9 Å². The molecule has 15 heavy (non-hydrogen) atoms. The Bertz CT molecular complexity index is 338. The number of hydrogen-bond acceptors (Lipinski definition) is 3. The SMILES string of the molecule is C=CCOc1ccc(C(=O)C(C)O)cc1. The van der Waals surface area contributed by atoms with E-state index in [1.165, 1.54) is 6.92 Å². The van der Waals surface area contributed by atoms with Crippen LogP contribution in [0.2, 0.25) is 0 Å². The summed E-state index contributed by atoms with van der Waals surface area (Å²) in [6.07, 6.45) is 0.680. The van der Waals surface area contributed by atoms with Crippen LogP contribution in [-0.4, -0.2) is 23.6 Å². The molecule has 1 atom stereocenters. The van der Waals surface area contributed by atoms with Gasteiger partial charge in [-0.05, 0) is 31.2 Å². The van der Waals surface area contributed by atoms with Crippen molar-refractivity contribution in [2.24, 2.45) is 0 Å². The normalized spacial score (nSPS) is 11.9. The zero-order valence-electron chi connectivity index (χ0n) is 8.64. The Morgan fingerprint density at radius 2 is 2.13 bits per heavy atom. The van der Waals surface area contributed by atoms with Gasteiger partial charge < -0.3 is 9.84 Å². The number of carbonyl (C=O) groups excluding carboxylic acids is 1. The van der Waals surface area contributed by atoms with E-state index in [1.807, 2.05) is 0 Å². The van der Waals surface area contributed by atoms with Crippen molar-refractivity contribution in [1.29, 1.82) is 0 Å². The van der Waals surface area contributed by atoms with Crippen LogP contribution in [0.3, 0.4) is 0 Å². The molecule has 0 heterocycles. The molecule has 80 valence electrons. The van der Waals surface area contributed by atoms with Crippen molar-refractivity contribution in [1.82, 2.24) is 0 Å². The molecule has 3 nitrogen and oxygen atoms in total. The van der Waals surface area contributed by atoms with Crippen molar-refractivity contribution < 1.29 is 14.6 Å². The number of carbonyl (C=O) groups is 1. The molecule has 0 amide bonds. The molecule has 0 saturated carbocycles. The number of ether oxygens (including phenoxy) is 1. The zero-order valence-corrected chi connectivity index (χ0v) is 8.64. The quantitative estimate of drug-likeness (QED) is 0.590. The lowest BCUT2D eigenvalue weighted by atomic mass is 10.1. The Morgan fingerprint density at radius 3 is 2.60 bits per heavy atom. The Balaban J connectivity index is 2.71. The topological polar surface area (TPSA) is 46.5 Å². The van der Waals surface area contributed by atoms with E-state index in [2.05, 4.69) is 6.58 Å². The van der Waals surface area contributed by atoms with E-state index in [9.17, 15) is 4.79 Å². The minimum atomic E-state index is -0.968. The van der Waals surface area contributed by atoms with Crippen LogP contribution in [0.5, 0.6) is 5.75 Å². The predicted octanol–water partition coefficient (Wildman–Crippen LogP) is 1.81. The maximum atomic E-state index is 11.4. The molecule has 0 aliphatic rings. The Hall–Kier alpha value is -1.61. The average molecular weight is 206 g/mol. The summed E-state index contributed by atoms with van der Waals surface area (Å²) in [7, 11) is 0. The first kappa shape index (κ1) is 11.5. The minimum absolute atomic E-state index is 0.287.